The third-order valence-electron chi connectivity index (χ3n) is 5.98. The molecule has 2 atom stereocenters. The number of aliphatic carboxylic acids is 1. The van der Waals surface area contributed by atoms with Crippen molar-refractivity contribution in [1.29, 1.82) is 0 Å². The lowest BCUT2D eigenvalue weighted by Gasteiger charge is -2.31. The monoisotopic (exact) mass is 394 g/mol. The van der Waals surface area contributed by atoms with Crippen LogP contribution < -0.4 is 0 Å². The molecule has 3 rings (SSSR count). The van der Waals surface area contributed by atoms with Crippen molar-refractivity contribution in [2.45, 2.75) is 44.0 Å². The van der Waals surface area contributed by atoms with Gasteiger partial charge in [0.2, 0.25) is 15.9 Å². The number of benzene rings is 1. The number of hydrogen-bond acceptors (Lipinski definition) is 4. The standard InChI is InChI=1S/C19H26N2O5S/c1-14(2)19(18(23)24)10-12-20(13-19)17(22)16-9-6-11-21(16)27(25,26)15-7-4-3-5-8-15/h3-5,7-8,14,16H,6,9-13H2,1-2H3,(H,23,24). The van der Waals surface area contributed by atoms with Gasteiger partial charge in [-0.3, -0.25) is 9.59 Å². The van der Waals surface area contributed by atoms with Gasteiger partial charge in [0.05, 0.1) is 10.3 Å². The third kappa shape index (κ3) is 3.36. The predicted molar refractivity (Wildman–Crippen MR) is 99.5 cm³/mol. The average Bonchev–Trinajstić information content (AvgIpc) is 3.30. The highest BCUT2D eigenvalue weighted by molar-refractivity contribution is 7.89. The van der Waals surface area contributed by atoms with E-state index in [4.69, 9.17) is 0 Å². The number of carboxylic acids is 1. The summed E-state index contributed by atoms with van der Waals surface area (Å²) in [7, 11) is -3.75. The van der Waals surface area contributed by atoms with Crippen LogP contribution in [-0.2, 0) is 19.6 Å². The van der Waals surface area contributed by atoms with Crippen LogP contribution in [0.25, 0.3) is 0 Å². The second-order valence-electron chi connectivity index (χ2n) is 7.71. The second-order valence-corrected chi connectivity index (χ2v) is 9.60. The van der Waals surface area contributed by atoms with Gasteiger partial charge in [-0.15, -0.1) is 0 Å². The van der Waals surface area contributed by atoms with Crippen molar-refractivity contribution in [2.24, 2.45) is 11.3 Å². The first-order valence-electron chi connectivity index (χ1n) is 9.29. The van der Waals surface area contributed by atoms with Crippen LogP contribution in [0.2, 0.25) is 0 Å². The van der Waals surface area contributed by atoms with E-state index in [9.17, 15) is 23.1 Å². The minimum absolute atomic E-state index is 0.111. The lowest BCUT2D eigenvalue weighted by Crippen LogP contribution is -2.48. The fraction of sp³-hybridized carbons (Fsp3) is 0.579. The zero-order valence-electron chi connectivity index (χ0n) is 15.7. The Hall–Kier alpha value is -1.93. The van der Waals surface area contributed by atoms with Gasteiger partial charge in [0, 0.05) is 19.6 Å². The van der Waals surface area contributed by atoms with Gasteiger partial charge in [0.25, 0.3) is 0 Å². The van der Waals surface area contributed by atoms with Gasteiger partial charge in [0.15, 0.2) is 0 Å². The van der Waals surface area contributed by atoms with Crippen LogP contribution in [-0.4, -0.2) is 60.3 Å². The number of carbonyl (C=O) groups is 2. The number of likely N-dealkylation sites (tertiary alicyclic amines) is 1. The minimum atomic E-state index is -3.75. The molecule has 148 valence electrons. The van der Waals surface area contributed by atoms with Crippen LogP contribution in [0.1, 0.15) is 33.1 Å². The van der Waals surface area contributed by atoms with E-state index in [-0.39, 0.29) is 23.3 Å². The molecule has 1 aromatic rings. The van der Waals surface area contributed by atoms with E-state index in [1.165, 1.54) is 21.3 Å². The lowest BCUT2D eigenvalue weighted by atomic mass is 9.76. The van der Waals surface area contributed by atoms with E-state index >= 15 is 0 Å². The van der Waals surface area contributed by atoms with Gasteiger partial charge < -0.3 is 10.0 Å². The van der Waals surface area contributed by atoms with Crippen LogP contribution in [0.3, 0.4) is 0 Å². The van der Waals surface area contributed by atoms with Crippen molar-refractivity contribution < 1.29 is 23.1 Å². The summed E-state index contributed by atoms with van der Waals surface area (Å²) < 4.78 is 27.2. The second kappa shape index (κ2) is 7.24. The van der Waals surface area contributed by atoms with E-state index in [0.29, 0.717) is 32.4 Å². The van der Waals surface area contributed by atoms with E-state index in [1.807, 2.05) is 13.8 Å². The van der Waals surface area contributed by atoms with Crippen LogP contribution in [0.4, 0.5) is 0 Å². The molecule has 27 heavy (non-hydrogen) atoms. The third-order valence-corrected chi connectivity index (χ3v) is 7.90. The minimum Gasteiger partial charge on any atom is -0.481 e. The summed E-state index contributed by atoms with van der Waals surface area (Å²) in [4.78, 5) is 26.6. The number of amides is 1. The molecule has 8 heteroatoms. The molecular formula is C19H26N2O5S. The highest BCUT2D eigenvalue weighted by atomic mass is 32.2. The van der Waals surface area contributed by atoms with Crippen molar-refractivity contribution in [3.63, 3.8) is 0 Å². The number of carbonyl (C=O) groups excluding carboxylic acids is 1. The summed E-state index contributed by atoms with van der Waals surface area (Å²) in [5, 5.41) is 9.68. The molecule has 1 amide bonds. The Bertz CT molecular complexity index is 824. The first-order chi connectivity index (χ1) is 12.7. The average molecular weight is 394 g/mol. The number of hydrogen-bond donors (Lipinski definition) is 1. The maximum absolute atomic E-state index is 13.1. The van der Waals surface area contributed by atoms with Crippen LogP contribution >= 0.6 is 0 Å². The van der Waals surface area contributed by atoms with E-state index < -0.39 is 27.4 Å². The molecule has 2 aliphatic rings. The molecule has 0 spiro atoms. The summed E-state index contributed by atoms with van der Waals surface area (Å²) in [6.45, 7) is 4.48. The quantitative estimate of drug-likeness (QED) is 0.822. The molecule has 2 heterocycles. The van der Waals surface area contributed by atoms with Gasteiger partial charge in [-0.25, -0.2) is 8.42 Å². The van der Waals surface area contributed by atoms with E-state index in [0.717, 1.165) is 0 Å². The van der Waals surface area contributed by atoms with Gasteiger partial charge >= 0.3 is 5.97 Å². The van der Waals surface area contributed by atoms with Gasteiger partial charge in [-0.1, -0.05) is 32.0 Å². The fourth-order valence-corrected chi connectivity index (χ4v) is 5.80. The van der Waals surface area contributed by atoms with Crippen molar-refractivity contribution in [1.82, 2.24) is 9.21 Å². The molecule has 0 aromatic heterocycles. The zero-order valence-corrected chi connectivity index (χ0v) is 16.5. The largest absolute Gasteiger partial charge is 0.481 e. The zero-order chi connectivity index (χ0) is 19.8. The normalized spacial score (nSPS) is 26.6. The first-order valence-corrected chi connectivity index (χ1v) is 10.7. The molecule has 2 aliphatic heterocycles. The smallest absolute Gasteiger partial charge is 0.311 e. The molecule has 2 fully saturated rings. The Morgan fingerprint density at radius 2 is 1.85 bits per heavy atom. The molecule has 0 saturated carbocycles. The Balaban J connectivity index is 1.82. The van der Waals surface area contributed by atoms with Crippen molar-refractivity contribution in [3.8, 4) is 0 Å². The van der Waals surface area contributed by atoms with E-state index in [1.54, 1.807) is 18.2 Å². The Morgan fingerprint density at radius 3 is 2.41 bits per heavy atom. The molecule has 2 saturated heterocycles. The van der Waals surface area contributed by atoms with Crippen molar-refractivity contribution >= 4 is 21.9 Å². The molecule has 1 N–H and O–H groups in total. The summed E-state index contributed by atoms with van der Waals surface area (Å²) in [6, 6.07) is 7.35. The van der Waals surface area contributed by atoms with Crippen LogP contribution in [0, 0.1) is 11.3 Å². The Kier molecular flexibility index (Phi) is 5.31. The lowest BCUT2D eigenvalue weighted by molar-refractivity contribution is -0.151. The van der Waals surface area contributed by atoms with Crippen LogP contribution in [0.15, 0.2) is 35.2 Å². The topological polar surface area (TPSA) is 95.0 Å². The molecule has 1 aromatic carbocycles. The number of rotatable bonds is 5. The summed E-state index contributed by atoms with van der Waals surface area (Å²) in [6.07, 6.45) is 1.47. The maximum Gasteiger partial charge on any atom is 0.311 e. The van der Waals surface area contributed by atoms with Crippen molar-refractivity contribution in [2.75, 3.05) is 19.6 Å². The Morgan fingerprint density at radius 1 is 1.19 bits per heavy atom. The summed E-state index contributed by atoms with van der Waals surface area (Å²) in [5.41, 5.74) is -0.961. The summed E-state index contributed by atoms with van der Waals surface area (Å²) in [5.74, 6) is -1.29. The Labute approximate surface area is 160 Å². The molecule has 0 aliphatic carbocycles. The highest BCUT2D eigenvalue weighted by Crippen LogP contribution is 2.39. The number of sulfonamides is 1. The van der Waals surface area contributed by atoms with Gasteiger partial charge in [0.1, 0.15) is 6.04 Å². The predicted octanol–water partition coefficient (Wildman–Crippen LogP) is 1.80. The molecular weight excluding hydrogens is 368 g/mol. The molecule has 2 unspecified atom stereocenters. The van der Waals surface area contributed by atoms with E-state index in [2.05, 4.69) is 0 Å². The van der Waals surface area contributed by atoms with Gasteiger partial charge in [-0.2, -0.15) is 4.31 Å². The number of carboxylic acid groups (broad SMARTS) is 1. The number of nitrogens with zero attached hydrogens (tertiary/aromatic N) is 2. The summed E-state index contributed by atoms with van der Waals surface area (Å²) >= 11 is 0. The maximum atomic E-state index is 13.1. The molecule has 0 radical (unpaired) electrons. The van der Waals surface area contributed by atoms with Gasteiger partial charge in [-0.05, 0) is 37.3 Å². The molecule has 7 nitrogen and oxygen atoms in total. The fourth-order valence-electron chi connectivity index (χ4n) is 4.13. The first kappa shape index (κ1) is 19.8. The highest BCUT2D eigenvalue weighted by Gasteiger charge is 2.50. The molecule has 0 bridgehead atoms. The van der Waals surface area contributed by atoms with Crippen LogP contribution in [0.5, 0.6) is 0 Å². The SMILES string of the molecule is CC(C)C1(C(=O)O)CCN(C(=O)C2CCCN2S(=O)(=O)c2ccccc2)C1. The van der Waals surface area contributed by atoms with Crippen molar-refractivity contribution in [3.05, 3.63) is 30.3 Å².